The lowest BCUT2D eigenvalue weighted by atomic mass is 9.91. The van der Waals surface area contributed by atoms with E-state index < -0.39 is 0 Å². The van der Waals surface area contributed by atoms with Crippen molar-refractivity contribution in [3.05, 3.63) is 34.7 Å². The van der Waals surface area contributed by atoms with Crippen LogP contribution >= 0.6 is 15.9 Å². The molecule has 0 unspecified atom stereocenters. The predicted molar refractivity (Wildman–Crippen MR) is 66.1 cm³/mol. The van der Waals surface area contributed by atoms with Crippen LogP contribution in [0.15, 0.2) is 29.0 Å². The molecule has 0 spiro atoms. The normalized spacial score (nSPS) is 12.3. The number of nitrogens with zero attached hydrogens (tertiary/aromatic N) is 2. The zero-order valence-electron chi connectivity index (χ0n) is 9.29. The van der Waals surface area contributed by atoms with Crippen molar-refractivity contribution >= 4 is 21.6 Å². The monoisotopic (exact) mass is 266 g/mol. The highest BCUT2D eigenvalue weighted by atomic mass is 79.9. The summed E-state index contributed by atoms with van der Waals surface area (Å²) >= 11 is 3.51. The van der Waals surface area contributed by atoms with Crippen LogP contribution in [0, 0.1) is 5.41 Å². The van der Waals surface area contributed by atoms with Crippen molar-refractivity contribution in [2.45, 2.75) is 27.2 Å². The number of aromatic nitrogens is 2. The van der Waals surface area contributed by atoms with E-state index in [2.05, 4.69) is 52.3 Å². The third-order valence-electron chi connectivity index (χ3n) is 2.20. The average Bonchev–Trinajstić information content (AvgIpc) is 2.45. The standard InChI is InChI=1S/C12H15BrN2/c1-12(2,3)7-9-8-15-10(13)5-4-6-11(15)14-9/h4-6,8H,7H2,1-3H3. The van der Waals surface area contributed by atoms with Gasteiger partial charge in [0.15, 0.2) is 0 Å². The molecule has 0 aromatic carbocycles. The van der Waals surface area contributed by atoms with Gasteiger partial charge in [-0.15, -0.1) is 0 Å². The Morgan fingerprint density at radius 2 is 2.07 bits per heavy atom. The Morgan fingerprint density at radius 1 is 1.33 bits per heavy atom. The first-order chi connectivity index (χ1) is 6.96. The third kappa shape index (κ3) is 2.40. The summed E-state index contributed by atoms with van der Waals surface area (Å²) in [5.74, 6) is 0. The largest absolute Gasteiger partial charge is 0.294 e. The van der Waals surface area contributed by atoms with Crippen molar-refractivity contribution in [2.24, 2.45) is 5.41 Å². The molecule has 0 fully saturated rings. The van der Waals surface area contributed by atoms with Crippen LogP contribution in [0.1, 0.15) is 26.5 Å². The minimum Gasteiger partial charge on any atom is -0.294 e. The van der Waals surface area contributed by atoms with Gasteiger partial charge in [-0.25, -0.2) is 4.98 Å². The third-order valence-corrected chi connectivity index (χ3v) is 2.85. The van der Waals surface area contributed by atoms with Gasteiger partial charge in [0.05, 0.1) is 10.3 Å². The highest BCUT2D eigenvalue weighted by Crippen LogP contribution is 2.21. The average molecular weight is 267 g/mol. The van der Waals surface area contributed by atoms with Crippen LogP contribution < -0.4 is 0 Å². The van der Waals surface area contributed by atoms with Crippen LogP contribution in [-0.2, 0) is 6.42 Å². The fourth-order valence-corrected chi connectivity index (χ4v) is 2.09. The highest BCUT2D eigenvalue weighted by molar-refractivity contribution is 9.10. The lowest BCUT2D eigenvalue weighted by Crippen LogP contribution is -2.09. The summed E-state index contributed by atoms with van der Waals surface area (Å²) in [7, 11) is 0. The quantitative estimate of drug-likeness (QED) is 0.720. The van der Waals surface area contributed by atoms with Crippen molar-refractivity contribution < 1.29 is 0 Å². The van der Waals surface area contributed by atoms with E-state index >= 15 is 0 Å². The Kier molecular flexibility index (Phi) is 2.59. The molecular weight excluding hydrogens is 252 g/mol. The molecule has 0 N–H and O–H groups in total. The molecule has 3 heteroatoms. The van der Waals surface area contributed by atoms with E-state index in [0.717, 1.165) is 22.4 Å². The number of fused-ring (bicyclic) bond motifs is 1. The smallest absolute Gasteiger partial charge is 0.137 e. The summed E-state index contributed by atoms with van der Waals surface area (Å²) in [6.07, 6.45) is 3.10. The molecule has 0 aliphatic carbocycles. The maximum Gasteiger partial charge on any atom is 0.137 e. The maximum atomic E-state index is 4.59. The van der Waals surface area contributed by atoms with E-state index in [1.54, 1.807) is 0 Å². The molecule has 2 nitrogen and oxygen atoms in total. The number of hydrogen-bond donors (Lipinski definition) is 0. The molecular formula is C12H15BrN2. The van der Waals surface area contributed by atoms with Crippen molar-refractivity contribution in [1.29, 1.82) is 0 Å². The Labute approximate surface area is 98.5 Å². The summed E-state index contributed by atoms with van der Waals surface area (Å²) in [4.78, 5) is 4.59. The van der Waals surface area contributed by atoms with E-state index in [1.165, 1.54) is 0 Å². The van der Waals surface area contributed by atoms with E-state index in [0.29, 0.717) is 0 Å². The Bertz CT molecular complexity index is 480. The van der Waals surface area contributed by atoms with Gasteiger partial charge >= 0.3 is 0 Å². The van der Waals surface area contributed by atoms with E-state index in [1.807, 2.05) is 18.2 Å². The van der Waals surface area contributed by atoms with E-state index in [-0.39, 0.29) is 5.41 Å². The molecule has 2 aromatic heterocycles. The van der Waals surface area contributed by atoms with E-state index in [9.17, 15) is 0 Å². The molecule has 0 saturated carbocycles. The summed E-state index contributed by atoms with van der Waals surface area (Å²) < 4.78 is 3.12. The summed E-state index contributed by atoms with van der Waals surface area (Å²) in [5, 5.41) is 0. The molecule has 2 aromatic rings. The summed E-state index contributed by atoms with van der Waals surface area (Å²) in [6.45, 7) is 6.68. The fraction of sp³-hybridized carbons (Fsp3) is 0.417. The van der Waals surface area contributed by atoms with Crippen LogP contribution in [0.3, 0.4) is 0 Å². The first kappa shape index (κ1) is 10.7. The minimum atomic E-state index is 0.282. The second kappa shape index (κ2) is 3.63. The van der Waals surface area contributed by atoms with Gasteiger partial charge in [0, 0.05) is 6.20 Å². The van der Waals surface area contributed by atoms with Gasteiger partial charge in [-0.2, -0.15) is 0 Å². The second-order valence-electron chi connectivity index (χ2n) is 5.05. The molecule has 2 rings (SSSR count). The first-order valence-corrected chi connectivity index (χ1v) is 5.87. The molecule has 0 aliphatic heterocycles. The molecule has 2 heterocycles. The molecule has 15 heavy (non-hydrogen) atoms. The number of hydrogen-bond acceptors (Lipinski definition) is 1. The second-order valence-corrected chi connectivity index (χ2v) is 5.86. The molecule has 80 valence electrons. The van der Waals surface area contributed by atoms with Gasteiger partial charge in [0.1, 0.15) is 5.65 Å². The van der Waals surface area contributed by atoms with Crippen LogP contribution in [-0.4, -0.2) is 9.38 Å². The van der Waals surface area contributed by atoms with Gasteiger partial charge in [-0.1, -0.05) is 26.8 Å². The number of imidazole rings is 1. The SMILES string of the molecule is CC(C)(C)Cc1cn2c(Br)cccc2n1. The van der Waals surface area contributed by atoms with Gasteiger partial charge < -0.3 is 0 Å². The van der Waals surface area contributed by atoms with Gasteiger partial charge in [0.25, 0.3) is 0 Å². The predicted octanol–water partition coefficient (Wildman–Crippen LogP) is 3.69. The number of rotatable bonds is 1. The van der Waals surface area contributed by atoms with Crippen LogP contribution in [0.2, 0.25) is 0 Å². The molecule has 0 atom stereocenters. The fourth-order valence-electron chi connectivity index (χ4n) is 1.66. The van der Waals surface area contributed by atoms with Crippen molar-refractivity contribution in [3.8, 4) is 0 Å². The first-order valence-electron chi connectivity index (χ1n) is 5.08. The van der Waals surface area contributed by atoms with Crippen molar-refractivity contribution in [1.82, 2.24) is 9.38 Å². The van der Waals surface area contributed by atoms with Crippen molar-refractivity contribution in [2.75, 3.05) is 0 Å². The lowest BCUT2D eigenvalue weighted by Gasteiger charge is -2.15. The summed E-state index contributed by atoms with van der Waals surface area (Å²) in [6, 6.07) is 6.06. The van der Waals surface area contributed by atoms with Gasteiger partial charge in [-0.05, 0) is 39.9 Å². The number of halogens is 1. The zero-order chi connectivity index (χ0) is 11.1. The van der Waals surface area contributed by atoms with Gasteiger partial charge in [0.2, 0.25) is 0 Å². The molecule has 0 saturated heterocycles. The Hall–Kier alpha value is -0.830. The zero-order valence-corrected chi connectivity index (χ0v) is 10.9. The molecule has 0 bridgehead atoms. The molecule has 0 aliphatic rings. The maximum absolute atomic E-state index is 4.59. The topological polar surface area (TPSA) is 17.3 Å². The van der Waals surface area contributed by atoms with Crippen molar-refractivity contribution in [3.63, 3.8) is 0 Å². The number of pyridine rings is 1. The van der Waals surface area contributed by atoms with Crippen LogP contribution in [0.5, 0.6) is 0 Å². The minimum absolute atomic E-state index is 0.282. The summed E-state index contributed by atoms with van der Waals surface area (Å²) in [5.41, 5.74) is 2.43. The van der Waals surface area contributed by atoms with Crippen LogP contribution in [0.4, 0.5) is 0 Å². The Morgan fingerprint density at radius 3 is 2.67 bits per heavy atom. The molecule has 0 amide bonds. The van der Waals surface area contributed by atoms with Gasteiger partial charge in [-0.3, -0.25) is 4.40 Å². The highest BCUT2D eigenvalue weighted by Gasteiger charge is 2.14. The van der Waals surface area contributed by atoms with E-state index in [4.69, 9.17) is 0 Å². The van der Waals surface area contributed by atoms with Crippen LogP contribution in [0.25, 0.3) is 5.65 Å². The Balaban J connectivity index is 2.44. The lowest BCUT2D eigenvalue weighted by molar-refractivity contribution is 0.407. The molecule has 0 radical (unpaired) electrons.